The van der Waals surface area contributed by atoms with Gasteiger partial charge in [0.05, 0.1) is 6.20 Å². The molecule has 23 heteroatoms. The topological polar surface area (TPSA) is 66.0 Å². The zero-order chi connectivity index (χ0) is 39.6. The van der Waals surface area contributed by atoms with Crippen molar-refractivity contribution in [3.05, 3.63) is 72.6 Å². The van der Waals surface area contributed by atoms with Crippen molar-refractivity contribution in [1.82, 2.24) is 20.0 Å². The second-order valence-electron chi connectivity index (χ2n) is 11.3. The molecule has 288 valence electrons. The molecule has 53 heavy (non-hydrogen) atoms. The third kappa shape index (κ3) is 6.23. The van der Waals surface area contributed by atoms with Gasteiger partial charge in [-0.1, -0.05) is 35.5 Å². The summed E-state index contributed by atoms with van der Waals surface area (Å²) in [4.78, 5) is 4.51. The fraction of sp³-hybridized carbons (Fsp3) is 0.367. The van der Waals surface area contributed by atoms with Crippen LogP contribution in [0.25, 0.3) is 33.3 Å². The SMILES string of the molecule is FC(F)(F)C(F)(F)C(F)(F)C(F)(F)C(F)(F)C(F)(F)C(F)(F)C(F)(F)CCn1cc(COc2ccc(-c3nc4c(ccc5ccccc54)o3)cc2)nn1. The highest BCUT2D eigenvalue weighted by molar-refractivity contribution is 6.03. The molecule has 0 aliphatic heterocycles. The largest absolute Gasteiger partial charge is 0.487 e. The first-order valence-corrected chi connectivity index (χ1v) is 14.3. The molecular weight excluding hydrogens is 771 g/mol. The summed E-state index contributed by atoms with van der Waals surface area (Å²) >= 11 is 0. The van der Waals surface area contributed by atoms with Crippen LogP contribution in [-0.2, 0) is 13.2 Å². The number of aryl methyl sites for hydroxylation is 1. The normalized spacial score (nSPS) is 14.4. The number of alkyl halides is 17. The summed E-state index contributed by atoms with van der Waals surface area (Å²) in [6, 6.07) is 17.0. The number of fused-ring (bicyclic) bond motifs is 3. The highest BCUT2D eigenvalue weighted by Crippen LogP contribution is 2.64. The van der Waals surface area contributed by atoms with Gasteiger partial charge in [0.25, 0.3) is 0 Å². The molecule has 0 bridgehead atoms. The number of rotatable bonds is 13. The van der Waals surface area contributed by atoms with Crippen LogP contribution in [0.2, 0.25) is 0 Å². The Morgan fingerprint density at radius 1 is 0.623 bits per heavy atom. The minimum atomic E-state index is -8.68. The summed E-state index contributed by atoms with van der Waals surface area (Å²) in [5.74, 6) is -56.3. The van der Waals surface area contributed by atoms with E-state index in [2.05, 4.69) is 15.3 Å². The van der Waals surface area contributed by atoms with Crippen molar-refractivity contribution in [2.24, 2.45) is 0 Å². The molecule has 6 nitrogen and oxygen atoms in total. The van der Waals surface area contributed by atoms with Gasteiger partial charge in [-0.3, -0.25) is 4.68 Å². The van der Waals surface area contributed by atoms with Crippen molar-refractivity contribution < 1.29 is 83.8 Å². The van der Waals surface area contributed by atoms with Crippen molar-refractivity contribution in [2.75, 3.05) is 0 Å². The molecule has 0 fully saturated rings. The third-order valence-electron chi connectivity index (χ3n) is 7.80. The van der Waals surface area contributed by atoms with Crippen molar-refractivity contribution in [1.29, 1.82) is 0 Å². The second-order valence-corrected chi connectivity index (χ2v) is 11.3. The van der Waals surface area contributed by atoms with Gasteiger partial charge < -0.3 is 9.15 Å². The molecule has 0 saturated heterocycles. The quantitative estimate of drug-likeness (QED) is 0.111. The molecule has 0 spiro atoms. The Labute approximate surface area is 283 Å². The van der Waals surface area contributed by atoms with Gasteiger partial charge in [-0.2, -0.15) is 74.6 Å². The molecule has 0 radical (unpaired) electrons. The molecule has 0 aliphatic rings. The smallest absolute Gasteiger partial charge is 0.460 e. The van der Waals surface area contributed by atoms with E-state index in [1.54, 1.807) is 18.2 Å². The van der Waals surface area contributed by atoms with Crippen LogP contribution in [0.15, 0.2) is 71.3 Å². The number of benzene rings is 3. The Bertz CT molecular complexity index is 2090. The molecule has 2 aromatic heterocycles. The van der Waals surface area contributed by atoms with Gasteiger partial charge in [0.2, 0.25) is 5.89 Å². The van der Waals surface area contributed by atoms with Crippen molar-refractivity contribution in [3.8, 4) is 17.2 Å². The van der Waals surface area contributed by atoms with Crippen LogP contribution in [-0.4, -0.2) is 67.6 Å². The number of nitrogens with zero attached hydrogens (tertiary/aromatic N) is 4. The molecule has 0 atom stereocenters. The van der Waals surface area contributed by atoms with Gasteiger partial charge in [0, 0.05) is 23.9 Å². The fourth-order valence-electron chi connectivity index (χ4n) is 4.76. The van der Waals surface area contributed by atoms with Crippen molar-refractivity contribution in [2.45, 2.75) is 67.2 Å². The summed E-state index contributed by atoms with van der Waals surface area (Å²) in [5.41, 5.74) is 1.39. The molecule has 0 N–H and O–H groups in total. The predicted octanol–water partition coefficient (Wildman–Crippen LogP) is 10.2. The maximum atomic E-state index is 14.3. The standard InChI is InChI=1S/C30H17F17N4O2/c31-23(32,24(33,34)25(35,36)26(37,38)27(39,40)28(41,42)29(43,44)30(45,46)47)11-12-51-13-17(49-50-51)14-52-18-8-5-16(6-9-18)22-48-21-19-4-2-1-3-15(19)7-10-20(21)53-22/h1-10,13H,11-12,14H2. The summed E-state index contributed by atoms with van der Waals surface area (Å²) < 4.78 is 241. The van der Waals surface area contributed by atoms with Crippen LogP contribution in [0.1, 0.15) is 12.1 Å². The number of ether oxygens (including phenoxy) is 1. The monoisotopic (exact) mass is 788 g/mol. The number of aromatic nitrogens is 4. The first-order chi connectivity index (χ1) is 24.2. The fourth-order valence-corrected chi connectivity index (χ4v) is 4.76. The highest BCUT2D eigenvalue weighted by atomic mass is 19.4. The van der Waals surface area contributed by atoms with Crippen LogP contribution in [0, 0.1) is 0 Å². The molecule has 5 aromatic rings. The van der Waals surface area contributed by atoms with Crippen LogP contribution in [0.5, 0.6) is 5.75 Å². The Kier molecular flexibility index (Phi) is 9.38. The Morgan fingerprint density at radius 3 is 1.79 bits per heavy atom. The van der Waals surface area contributed by atoms with Gasteiger partial charge in [-0.05, 0) is 35.7 Å². The van der Waals surface area contributed by atoms with Gasteiger partial charge in [-0.15, -0.1) is 5.10 Å². The predicted molar refractivity (Wildman–Crippen MR) is 147 cm³/mol. The average Bonchev–Trinajstić information content (AvgIpc) is 3.73. The van der Waals surface area contributed by atoms with E-state index in [-0.39, 0.29) is 22.0 Å². The minimum absolute atomic E-state index is 0.162. The molecule has 3 aromatic carbocycles. The maximum absolute atomic E-state index is 14.3. The van der Waals surface area contributed by atoms with Crippen LogP contribution < -0.4 is 4.74 Å². The lowest BCUT2D eigenvalue weighted by Crippen LogP contribution is -2.74. The van der Waals surface area contributed by atoms with Crippen LogP contribution in [0.3, 0.4) is 0 Å². The molecule has 2 heterocycles. The summed E-state index contributed by atoms with van der Waals surface area (Å²) in [6.45, 7) is -2.12. The van der Waals surface area contributed by atoms with Crippen molar-refractivity contribution in [3.63, 3.8) is 0 Å². The van der Waals surface area contributed by atoms with E-state index in [4.69, 9.17) is 9.15 Å². The molecule has 0 saturated carbocycles. The van der Waals surface area contributed by atoms with Gasteiger partial charge >= 0.3 is 47.6 Å². The van der Waals surface area contributed by atoms with Gasteiger partial charge in [0.15, 0.2) is 5.58 Å². The molecule has 5 rings (SSSR count). The van der Waals surface area contributed by atoms with E-state index >= 15 is 0 Å². The minimum Gasteiger partial charge on any atom is -0.487 e. The lowest BCUT2D eigenvalue weighted by molar-refractivity contribution is -0.461. The Morgan fingerprint density at radius 2 is 1.19 bits per heavy atom. The average molecular weight is 788 g/mol. The third-order valence-corrected chi connectivity index (χ3v) is 7.80. The second kappa shape index (κ2) is 12.6. The van der Waals surface area contributed by atoms with Crippen LogP contribution in [0.4, 0.5) is 74.6 Å². The summed E-state index contributed by atoms with van der Waals surface area (Å²) in [5, 5.41) is 8.37. The lowest BCUT2D eigenvalue weighted by Gasteiger charge is -2.42. The zero-order valence-corrected chi connectivity index (χ0v) is 25.5. The molecule has 0 amide bonds. The van der Waals surface area contributed by atoms with E-state index in [1.807, 2.05) is 30.3 Å². The van der Waals surface area contributed by atoms with Gasteiger partial charge in [-0.25, -0.2) is 4.98 Å². The van der Waals surface area contributed by atoms with E-state index < -0.39 is 67.2 Å². The number of halogens is 17. The highest BCUT2D eigenvalue weighted by Gasteiger charge is 2.95. The Balaban J connectivity index is 1.23. The molecular formula is C30H17F17N4O2. The first-order valence-electron chi connectivity index (χ1n) is 14.3. The lowest BCUT2D eigenvalue weighted by atomic mass is 9.88. The van der Waals surface area contributed by atoms with Crippen molar-refractivity contribution >= 4 is 21.9 Å². The van der Waals surface area contributed by atoms with E-state index in [0.717, 1.165) is 10.8 Å². The number of hydrogen-bond acceptors (Lipinski definition) is 5. The van der Waals surface area contributed by atoms with E-state index in [0.29, 0.717) is 22.9 Å². The zero-order valence-electron chi connectivity index (χ0n) is 25.5. The number of oxazole rings is 1. The maximum Gasteiger partial charge on any atom is 0.460 e. The molecule has 0 aliphatic carbocycles. The van der Waals surface area contributed by atoms with E-state index in [1.165, 1.54) is 12.1 Å². The summed E-state index contributed by atoms with van der Waals surface area (Å²) in [6.07, 6.45) is -9.79. The first kappa shape index (κ1) is 39.3. The van der Waals surface area contributed by atoms with Gasteiger partial charge in [0.1, 0.15) is 23.6 Å². The van der Waals surface area contributed by atoms with E-state index in [9.17, 15) is 74.6 Å². The van der Waals surface area contributed by atoms with Crippen LogP contribution >= 0.6 is 0 Å². The number of hydrogen-bond donors (Lipinski definition) is 0. The molecule has 0 unspecified atom stereocenters. The summed E-state index contributed by atoms with van der Waals surface area (Å²) in [7, 11) is 0. The Hall–Kier alpha value is -4.86.